The maximum absolute atomic E-state index is 12.0. The van der Waals surface area contributed by atoms with Crippen LogP contribution in [0.15, 0.2) is 18.2 Å². The maximum Gasteiger partial charge on any atom is 0.253 e. The Bertz CT molecular complexity index is 538. The molecule has 126 valence electrons. The quantitative estimate of drug-likeness (QED) is 0.523. The Morgan fingerprint density at radius 2 is 2.00 bits per heavy atom. The average Bonchev–Trinajstić information content (AvgIpc) is 2.55. The summed E-state index contributed by atoms with van der Waals surface area (Å²) in [4.78, 5) is 13.6. The summed E-state index contributed by atoms with van der Waals surface area (Å²) in [7, 11) is 5.03. The molecule has 0 bridgehead atoms. The van der Waals surface area contributed by atoms with E-state index in [1.807, 2.05) is 0 Å². The first-order valence-corrected chi connectivity index (χ1v) is 7.32. The summed E-state index contributed by atoms with van der Waals surface area (Å²) in [5, 5.41) is 3.07. The number of terminal acetylenes is 1. The fraction of sp³-hybridized carbons (Fsp3) is 0.471. The molecule has 23 heavy (non-hydrogen) atoms. The zero-order valence-corrected chi connectivity index (χ0v) is 13.9. The van der Waals surface area contributed by atoms with Crippen molar-refractivity contribution in [1.82, 2.24) is 4.90 Å². The second kappa shape index (κ2) is 10.5. The summed E-state index contributed by atoms with van der Waals surface area (Å²) in [5.74, 6) is 2.99. The molecule has 6 nitrogen and oxygen atoms in total. The molecule has 0 aliphatic rings. The number of rotatable bonds is 10. The van der Waals surface area contributed by atoms with Crippen LogP contribution in [0.3, 0.4) is 0 Å². The molecule has 1 aromatic rings. The summed E-state index contributed by atoms with van der Waals surface area (Å²) in [6.07, 6.45) is 5.27. The topological polar surface area (TPSA) is 60.0 Å². The van der Waals surface area contributed by atoms with Gasteiger partial charge in [-0.05, 0) is 18.2 Å². The summed E-state index contributed by atoms with van der Waals surface area (Å²) < 4.78 is 16.0. The fourth-order valence-electron chi connectivity index (χ4n) is 1.78. The third-order valence-electron chi connectivity index (χ3n) is 2.93. The van der Waals surface area contributed by atoms with Crippen LogP contribution in [0, 0.1) is 12.3 Å². The van der Waals surface area contributed by atoms with Gasteiger partial charge in [-0.15, -0.1) is 6.42 Å². The van der Waals surface area contributed by atoms with Crippen LogP contribution in [0.25, 0.3) is 0 Å². The first-order chi connectivity index (χ1) is 11.1. The van der Waals surface area contributed by atoms with E-state index >= 15 is 0 Å². The lowest BCUT2D eigenvalue weighted by molar-refractivity contribution is 0.0545. The molecule has 0 saturated heterocycles. The summed E-state index contributed by atoms with van der Waals surface area (Å²) >= 11 is 0. The van der Waals surface area contributed by atoms with E-state index in [9.17, 15) is 4.79 Å². The van der Waals surface area contributed by atoms with Crippen molar-refractivity contribution in [3.63, 3.8) is 0 Å². The lowest BCUT2D eigenvalue weighted by Gasteiger charge is -2.15. The average molecular weight is 320 g/mol. The van der Waals surface area contributed by atoms with Crippen molar-refractivity contribution < 1.29 is 19.0 Å². The molecule has 0 aliphatic heterocycles. The number of anilines is 1. The molecular weight excluding hydrogens is 296 g/mol. The fourth-order valence-corrected chi connectivity index (χ4v) is 1.78. The van der Waals surface area contributed by atoms with Crippen LogP contribution in [-0.4, -0.2) is 65.0 Å². The lowest BCUT2D eigenvalue weighted by Crippen LogP contribution is -2.21. The van der Waals surface area contributed by atoms with Crippen molar-refractivity contribution in [1.29, 1.82) is 0 Å². The Morgan fingerprint density at radius 1 is 1.26 bits per heavy atom. The molecule has 0 spiro atoms. The number of hydrogen-bond donors (Lipinski definition) is 1. The molecule has 0 radical (unpaired) electrons. The number of benzene rings is 1. The van der Waals surface area contributed by atoms with Crippen molar-refractivity contribution in [2.75, 3.05) is 59.5 Å². The summed E-state index contributed by atoms with van der Waals surface area (Å²) in [6, 6.07) is 5.23. The molecule has 6 heteroatoms. The first-order valence-electron chi connectivity index (χ1n) is 7.32. The number of carbonyl (C=O) groups is 1. The highest BCUT2D eigenvalue weighted by molar-refractivity contribution is 5.95. The number of amides is 1. The predicted octanol–water partition coefficient (Wildman–Crippen LogP) is 1.48. The Balaban J connectivity index is 2.72. The van der Waals surface area contributed by atoms with E-state index < -0.39 is 0 Å². The van der Waals surface area contributed by atoms with E-state index in [0.717, 1.165) is 5.69 Å². The van der Waals surface area contributed by atoms with Gasteiger partial charge in [0, 0.05) is 26.8 Å². The number of carbonyl (C=O) groups excluding carboxylic acids is 1. The van der Waals surface area contributed by atoms with Gasteiger partial charge >= 0.3 is 0 Å². The highest BCUT2D eigenvalue weighted by atomic mass is 16.5. The minimum Gasteiger partial charge on any atom is -0.489 e. The van der Waals surface area contributed by atoms with Crippen LogP contribution in [-0.2, 0) is 9.47 Å². The Labute approximate surface area is 137 Å². The van der Waals surface area contributed by atoms with Crippen molar-refractivity contribution in [3.8, 4) is 18.1 Å². The number of nitrogens with zero attached hydrogens (tertiary/aromatic N) is 1. The van der Waals surface area contributed by atoms with Crippen LogP contribution >= 0.6 is 0 Å². The zero-order chi connectivity index (χ0) is 17.1. The van der Waals surface area contributed by atoms with Gasteiger partial charge in [-0.2, -0.15) is 0 Å². The van der Waals surface area contributed by atoms with Gasteiger partial charge in [-0.3, -0.25) is 4.79 Å². The van der Waals surface area contributed by atoms with Crippen LogP contribution in [0.4, 0.5) is 5.69 Å². The smallest absolute Gasteiger partial charge is 0.253 e. The van der Waals surface area contributed by atoms with Crippen molar-refractivity contribution >= 4 is 11.6 Å². The molecule has 0 atom stereocenters. The molecule has 0 aromatic heterocycles. The Morgan fingerprint density at radius 3 is 2.65 bits per heavy atom. The monoisotopic (exact) mass is 320 g/mol. The van der Waals surface area contributed by atoms with Gasteiger partial charge in [0.25, 0.3) is 5.91 Å². The van der Waals surface area contributed by atoms with Crippen molar-refractivity contribution in [2.24, 2.45) is 0 Å². The summed E-state index contributed by atoms with van der Waals surface area (Å²) in [5.41, 5.74) is 1.30. The highest BCUT2D eigenvalue weighted by Gasteiger charge is 2.12. The second-order valence-electron chi connectivity index (χ2n) is 4.92. The van der Waals surface area contributed by atoms with Gasteiger partial charge in [0.2, 0.25) is 0 Å². The highest BCUT2D eigenvalue weighted by Crippen LogP contribution is 2.26. The van der Waals surface area contributed by atoms with E-state index in [4.69, 9.17) is 20.6 Å². The normalized spacial score (nSPS) is 10.0. The molecule has 0 aliphatic carbocycles. The van der Waals surface area contributed by atoms with E-state index in [0.29, 0.717) is 44.3 Å². The minimum atomic E-state index is -0.0882. The molecule has 1 aromatic carbocycles. The molecule has 0 fully saturated rings. The molecule has 0 unspecified atom stereocenters. The predicted molar refractivity (Wildman–Crippen MR) is 90.0 cm³/mol. The number of methoxy groups -OCH3 is 1. The van der Waals surface area contributed by atoms with Gasteiger partial charge in [-0.25, -0.2) is 0 Å². The van der Waals surface area contributed by atoms with Gasteiger partial charge in [0.05, 0.1) is 32.1 Å². The Hall–Kier alpha value is -2.23. The molecule has 0 saturated carbocycles. The third kappa shape index (κ3) is 6.59. The number of hydrogen-bond acceptors (Lipinski definition) is 5. The maximum atomic E-state index is 12.0. The third-order valence-corrected chi connectivity index (χ3v) is 2.93. The SMILES string of the molecule is C#CCNc1ccc(C(=O)N(C)C)cc1OCCOCCOC. The molecule has 0 heterocycles. The van der Waals surface area contributed by atoms with Crippen LogP contribution in [0.1, 0.15) is 10.4 Å². The number of ether oxygens (including phenoxy) is 3. The van der Waals surface area contributed by atoms with Gasteiger partial charge < -0.3 is 24.4 Å². The van der Waals surface area contributed by atoms with E-state index in [2.05, 4.69) is 11.2 Å². The van der Waals surface area contributed by atoms with Crippen LogP contribution in [0.2, 0.25) is 0 Å². The molecule has 1 rings (SSSR count). The van der Waals surface area contributed by atoms with Crippen LogP contribution in [0.5, 0.6) is 5.75 Å². The Kier molecular flexibility index (Phi) is 8.58. The molecule has 1 amide bonds. The van der Waals surface area contributed by atoms with Crippen molar-refractivity contribution in [2.45, 2.75) is 0 Å². The largest absolute Gasteiger partial charge is 0.489 e. The second-order valence-corrected chi connectivity index (χ2v) is 4.92. The van der Waals surface area contributed by atoms with Gasteiger partial charge in [0.15, 0.2) is 0 Å². The summed E-state index contributed by atoms with van der Waals surface area (Å²) in [6.45, 7) is 2.24. The van der Waals surface area contributed by atoms with Crippen molar-refractivity contribution in [3.05, 3.63) is 23.8 Å². The van der Waals surface area contributed by atoms with E-state index in [1.54, 1.807) is 39.4 Å². The zero-order valence-electron chi connectivity index (χ0n) is 13.9. The van der Waals surface area contributed by atoms with E-state index in [1.165, 1.54) is 4.90 Å². The first kappa shape index (κ1) is 18.8. The standard InChI is InChI=1S/C17H24N2O4/c1-5-8-18-15-7-6-14(17(20)19(2)3)13-16(15)23-12-11-22-10-9-21-4/h1,6-7,13,18H,8-12H2,2-4H3. The van der Waals surface area contributed by atoms with Crippen LogP contribution < -0.4 is 10.1 Å². The van der Waals surface area contributed by atoms with E-state index in [-0.39, 0.29) is 5.91 Å². The minimum absolute atomic E-state index is 0.0882. The lowest BCUT2D eigenvalue weighted by atomic mass is 10.1. The van der Waals surface area contributed by atoms with Gasteiger partial charge in [0.1, 0.15) is 12.4 Å². The number of nitrogens with one attached hydrogen (secondary N) is 1. The molecular formula is C17H24N2O4. The van der Waals surface area contributed by atoms with Gasteiger partial charge in [-0.1, -0.05) is 5.92 Å². The molecule has 1 N–H and O–H groups in total.